The van der Waals surface area contributed by atoms with Gasteiger partial charge in [-0.25, -0.2) is 4.98 Å². The van der Waals surface area contributed by atoms with E-state index < -0.39 is 0 Å². The summed E-state index contributed by atoms with van der Waals surface area (Å²) in [6.45, 7) is 4.37. The molecule has 1 heterocycles. The molecule has 2 nitrogen and oxygen atoms in total. The van der Waals surface area contributed by atoms with Crippen LogP contribution in [0.15, 0.2) is 39.6 Å². The molecule has 2 unspecified atom stereocenters. The Morgan fingerprint density at radius 3 is 2.61 bits per heavy atom. The van der Waals surface area contributed by atoms with E-state index in [2.05, 4.69) is 69.7 Å². The van der Waals surface area contributed by atoms with Crippen molar-refractivity contribution >= 4 is 27.3 Å². The Morgan fingerprint density at radius 2 is 2.00 bits per heavy atom. The van der Waals surface area contributed by atoms with Crippen LogP contribution >= 0.6 is 27.3 Å². The molecular weight excluding hydrogens is 308 g/mol. The second-order valence-electron chi connectivity index (χ2n) is 4.53. The van der Waals surface area contributed by atoms with Crippen LogP contribution in [-0.4, -0.2) is 11.0 Å². The summed E-state index contributed by atoms with van der Waals surface area (Å²) in [4.78, 5) is 4.34. The number of halogens is 1. The molecular formula is C14H17BrN2S. The van der Waals surface area contributed by atoms with E-state index in [1.165, 1.54) is 5.56 Å². The Morgan fingerprint density at radius 1 is 1.28 bits per heavy atom. The van der Waals surface area contributed by atoms with Crippen molar-refractivity contribution < 1.29 is 0 Å². The van der Waals surface area contributed by atoms with Gasteiger partial charge in [-0.3, -0.25) is 0 Å². The fourth-order valence-electron chi connectivity index (χ4n) is 1.98. The summed E-state index contributed by atoms with van der Waals surface area (Å²) in [7, 11) is 0. The number of aromatic nitrogens is 1. The zero-order valence-electron chi connectivity index (χ0n) is 10.6. The van der Waals surface area contributed by atoms with Gasteiger partial charge in [0.25, 0.3) is 0 Å². The van der Waals surface area contributed by atoms with E-state index in [9.17, 15) is 0 Å². The van der Waals surface area contributed by atoms with Gasteiger partial charge in [0.15, 0.2) is 0 Å². The van der Waals surface area contributed by atoms with E-state index in [0.717, 1.165) is 16.6 Å². The van der Waals surface area contributed by atoms with Gasteiger partial charge in [0, 0.05) is 21.9 Å². The van der Waals surface area contributed by atoms with Crippen LogP contribution in [0.3, 0.4) is 0 Å². The predicted octanol–water partition coefficient (Wildman–Crippen LogP) is 4.19. The lowest BCUT2D eigenvalue weighted by molar-refractivity contribution is 0.471. The van der Waals surface area contributed by atoms with Crippen molar-refractivity contribution in [2.24, 2.45) is 0 Å². The molecule has 96 valence electrons. The van der Waals surface area contributed by atoms with Gasteiger partial charge < -0.3 is 5.32 Å². The van der Waals surface area contributed by atoms with Crippen LogP contribution in [0.1, 0.15) is 31.1 Å². The smallest absolute Gasteiger partial charge is 0.0795 e. The van der Waals surface area contributed by atoms with Crippen molar-refractivity contribution in [1.29, 1.82) is 0 Å². The first-order valence-corrected chi connectivity index (χ1v) is 7.77. The quantitative estimate of drug-likeness (QED) is 0.892. The lowest BCUT2D eigenvalue weighted by Crippen LogP contribution is -2.30. The predicted molar refractivity (Wildman–Crippen MR) is 81.0 cm³/mol. The van der Waals surface area contributed by atoms with E-state index >= 15 is 0 Å². The Kier molecular flexibility index (Phi) is 4.92. The molecule has 2 atom stereocenters. The number of thiazole rings is 1. The Balaban J connectivity index is 1.88. The molecule has 1 N–H and O–H groups in total. The zero-order chi connectivity index (χ0) is 13.0. The molecule has 0 saturated heterocycles. The second-order valence-corrected chi connectivity index (χ2v) is 6.17. The van der Waals surface area contributed by atoms with Gasteiger partial charge in [0.05, 0.1) is 11.2 Å². The largest absolute Gasteiger partial charge is 0.306 e. The van der Waals surface area contributed by atoms with Crippen LogP contribution in [-0.2, 0) is 6.42 Å². The van der Waals surface area contributed by atoms with Crippen LogP contribution < -0.4 is 5.32 Å². The first-order valence-electron chi connectivity index (χ1n) is 6.03. The summed E-state index contributed by atoms with van der Waals surface area (Å²) in [5.74, 6) is 0. The van der Waals surface area contributed by atoms with E-state index in [1.54, 1.807) is 11.3 Å². The number of hydrogen-bond acceptors (Lipinski definition) is 3. The van der Waals surface area contributed by atoms with Crippen molar-refractivity contribution in [3.63, 3.8) is 0 Å². The molecule has 18 heavy (non-hydrogen) atoms. The molecule has 0 saturated carbocycles. The normalized spacial score (nSPS) is 14.4. The molecule has 0 amide bonds. The highest BCUT2D eigenvalue weighted by Crippen LogP contribution is 2.15. The zero-order valence-corrected chi connectivity index (χ0v) is 13.0. The summed E-state index contributed by atoms with van der Waals surface area (Å²) >= 11 is 5.10. The number of benzene rings is 1. The monoisotopic (exact) mass is 324 g/mol. The molecule has 4 heteroatoms. The van der Waals surface area contributed by atoms with E-state index in [-0.39, 0.29) is 0 Å². The standard InChI is InChI=1S/C14H17BrN2S/c1-10(7-12-3-5-13(15)6-4-12)17-11(2)14-8-18-9-16-14/h3-6,8-11,17H,7H2,1-2H3. The van der Waals surface area contributed by atoms with Crippen LogP contribution in [0.25, 0.3) is 0 Å². The van der Waals surface area contributed by atoms with Gasteiger partial charge in [-0.2, -0.15) is 0 Å². The minimum atomic E-state index is 0.307. The third kappa shape index (κ3) is 3.90. The van der Waals surface area contributed by atoms with Gasteiger partial charge in [0.1, 0.15) is 0 Å². The Bertz CT molecular complexity index is 467. The van der Waals surface area contributed by atoms with E-state index in [1.807, 2.05) is 5.51 Å². The van der Waals surface area contributed by atoms with Crippen molar-refractivity contribution in [3.05, 3.63) is 50.9 Å². The molecule has 2 rings (SSSR count). The van der Waals surface area contributed by atoms with Crippen molar-refractivity contribution in [1.82, 2.24) is 10.3 Å². The third-order valence-corrected chi connectivity index (χ3v) is 4.02. The molecule has 0 aliphatic heterocycles. The van der Waals surface area contributed by atoms with Crippen molar-refractivity contribution in [2.75, 3.05) is 0 Å². The van der Waals surface area contributed by atoms with E-state index in [0.29, 0.717) is 12.1 Å². The SMILES string of the molecule is CC(Cc1ccc(Br)cc1)NC(C)c1cscn1. The molecule has 1 aromatic carbocycles. The lowest BCUT2D eigenvalue weighted by Gasteiger charge is -2.18. The van der Waals surface area contributed by atoms with Crippen molar-refractivity contribution in [2.45, 2.75) is 32.4 Å². The summed E-state index contributed by atoms with van der Waals surface area (Å²) in [6, 6.07) is 9.24. The maximum atomic E-state index is 4.34. The second kappa shape index (κ2) is 6.45. The number of nitrogens with one attached hydrogen (secondary N) is 1. The highest BCUT2D eigenvalue weighted by Gasteiger charge is 2.11. The topological polar surface area (TPSA) is 24.9 Å². The number of rotatable bonds is 5. The van der Waals surface area contributed by atoms with Crippen molar-refractivity contribution in [3.8, 4) is 0 Å². The molecule has 0 aliphatic carbocycles. The lowest BCUT2D eigenvalue weighted by atomic mass is 10.1. The Hall–Kier alpha value is -0.710. The maximum absolute atomic E-state index is 4.34. The summed E-state index contributed by atoms with van der Waals surface area (Å²) in [6.07, 6.45) is 1.03. The third-order valence-electron chi connectivity index (χ3n) is 2.88. The average molecular weight is 325 g/mol. The van der Waals surface area contributed by atoms with Gasteiger partial charge in [-0.1, -0.05) is 28.1 Å². The molecule has 0 aliphatic rings. The maximum Gasteiger partial charge on any atom is 0.0795 e. The van der Waals surface area contributed by atoms with Crippen LogP contribution in [0, 0.1) is 0 Å². The minimum absolute atomic E-state index is 0.307. The molecule has 0 fully saturated rings. The first kappa shape index (κ1) is 13.7. The average Bonchev–Trinajstić information content (AvgIpc) is 2.85. The van der Waals surface area contributed by atoms with Gasteiger partial charge in [-0.05, 0) is 38.0 Å². The molecule has 0 spiro atoms. The van der Waals surface area contributed by atoms with Crippen LogP contribution in [0.2, 0.25) is 0 Å². The summed E-state index contributed by atoms with van der Waals surface area (Å²) < 4.78 is 1.13. The highest BCUT2D eigenvalue weighted by molar-refractivity contribution is 9.10. The molecule has 1 aromatic heterocycles. The van der Waals surface area contributed by atoms with Gasteiger partial charge in [0.2, 0.25) is 0 Å². The fourth-order valence-corrected chi connectivity index (χ4v) is 2.89. The van der Waals surface area contributed by atoms with Crippen LogP contribution in [0.5, 0.6) is 0 Å². The molecule has 0 radical (unpaired) electrons. The van der Waals surface area contributed by atoms with E-state index in [4.69, 9.17) is 0 Å². The van der Waals surface area contributed by atoms with Gasteiger partial charge in [-0.15, -0.1) is 11.3 Å². The molecule has 0 bridgehead atoms. The summed E-state index contributed by atoms with van der Waals surface area (Å²) in [5, 5.41) is 5.68. The number of nitrogens with zero attached hydrogens (tertiary/aromatic N) is 1. The fraction of sp³-hybridized carbons (Fsp3) is 0.357. The molecule has 2 aromatic rings. The highest BCUT2D eigenvalue weighted by atomic mass is 79.9. The van der Waals surface area contributed by atoms with Gasteiger partial charge >= 0.3 is 0 Å². The van der Waals surface area contributed by atoms with Crippen LogP contribution in [0.4, 0.5) is 0 Å². The minimum Gasteiger partial charge on any atom is -0.306 e. The Labute approximate surface area is 121 Å². The number of hydrogen-bond donors (Lipinski definition) is 1. The summed E-state index contributed by atoms with van der Waals surface area (Å²) in [5.41, 5.74) is 4.36. The first-order chi connectivity index (χ1) is 8.65.